The Kier molecular flexibility index (Phi) is 22.7. The molecule has 0 saturated carbocycles. The second kappa shape index (κ2) is 25.9. The first kappa shape index (κ1) is 53.3. The summed E-state index contributed by atoms with van der Waals surface area (Å²) in [5.74, 6) is 2.25. The summed E-state index contributed by atoms with van der Waals surface area (Å²) in [7, 11) is 0. The van der Waals surface area contributed by atoms with Gasteiger partial charge in [-0.05, 0) is 41.5 Å². The first-order valence-electron chi connectivity index (χ1n) is 19.3. The molecule has 0 atom stereocenters. The van der Waals surface area contributed by atoms with Crippen molar-refractivity contribution in [1.29, 1.82) is 0 Å². The Labute approximate surface area is 390 Å². The molecule has 4 aromatic carbocycles. The third-order valence-electron chi connectivity index (χ3n) is 9.33. The molecule has 3 aliphatic heterocycles. The van der Waals surface area contributed by atoms with Crippen molar-refractivity contribution in [3.05, 3.63) is 137 Å². The van der Waals surface area contributed by atoms with Crippen LogP contribution in [0.3, 0.4) is 0 Å². The number of benzene rings is 4. The number of hydrogen-bond donors (Lipinski definition) is 0. The number of alkyl halides is 4. The third-order valence-corrected chi connectivity index (χ3v) is 9.33. The number of rotatable bonds is 10. The molecule has 0 bridgehead atoms. The summed E-state index contributed by atoms with van der Waals surface area (Å²) in [5.41, 5.74) is 4.88. The van der Waals surface area contributed by atoms with Gasteiger partial charge in [0.1, 0.15) is 26.0 Å². The minimum atomic E-state index is -1.75. The summed E-state index contributed by atoms with van der Waals surface area (Å²) in [6.07, 6.45) is -1.22. The molecule has 11 nitrogen and oxygen atoms in total. The molecule has 1 radical (unpaired) electrons. The van der Waals surface area contributed by atoms with Crippen molar-refractivity contribution >= 4 is 92.1 Å². The van der Waals surface area contributed by atoms with Crippen molar-refractivity contribution in [2.45, 2.75) is 58.2 Å². The predicted octanol–water partition coefficient (Wildman–Crippen LogP) is 7.58. The Bertz CT molecular complexity index is 1730. The van der Waals surface area contributed by atoms with E-state index in [9.17, 15) is 0 Å². The van der Waals surface area contributed by atoms with Gasteiger partial charge in [0.05, 0.1) is 52.0 Å². The standard InChI is InChI=1S/C24H20B.C18H30N4O3.2CH2Cl2.NO3.Ni/c1-5-13-21(14-6-1)25(22-15-7-2-8-16-22,23-17-9-3-10-18-23)24-19-11-4-12-20-24;1-16(2)10-23-13(19-16)7-22(8-14-20-17(3,4)11-24-14)9-15-21-18(5,6)12-25-15;2*2-1-3;2-1(3)4;/h1-20H;7-12H2,1-6H3;2*1H2;;/q-1;;;;-1;+3. The topological polar surface area (TPSA) is 134 Å². The van der Waals surface area contributed by atoms with Gasteiger partial charge in [-0.15, -0.1) is 46.4 Å². The van der Waals surface area contributed by atoms with Crippen LogP contribution in [0.15, 0.2) is 136 Å². The molecule has 0 fully saturated rings. The average molecular weight is 960 g/mol. The zero-order chi connectivity index (χ0) is 44.2. The van der Waals surface area contributed by atoms with Gasteiger partial charge in [0.2, 0.25) is 0 Å². The SMILES string of the molecule is CC1(C)COC(CN(CC2=NC(C)(C)CO2)CC2=NC(C)(C)CO2)=N1.ClCCl.ClCCl.O=[N+]([O-])[O-].[Ni+3].c1ccc([B-](c2ccccc2)(c2ccccc2)c2ccccc2)cc1. The molecule has 0 spiro atoms. The molecule has 0 saturated heterocycles. The van der Waals surface area contributed by atoms with E-state index in [1.807, 2.05) is 0 Å². The van der Waals surface area contributed by atoms with Crippen molar-refractivity contribution in [3.8, 4) is 0 Å². The molecule has 0 unspecified atom stereocenters. The fourth-order valence-corrected chi connectivity index (χ4v) is 7.09. The van der Waals surface area contributed by atoms with E-state index in [4.69, 9.17) is 75.9 Å². The number of aliphatic imine (C=N–C) groups is 3. The molecule has 331 valence electrons. The molecule has 3 aliphatic rings. The van der Waals surface area contributed by atoms with Crippen LogP contribution in [-0.2, 0) is 30.7 Å². The zero-order valence-electron chi connectivity index (χ0n) is 35.3. The van der Waals surface area contributed by atoms with E-state index in [0.29, 0.717) is 39.5 Å². The molecule has 4 aromatic rings. The number of ether oxygens (including phenoxy) is 3. The van der Waals surface area contributed by atoms with Crippen LogP contribution in [0.1, 0.15) is 41.5 Å². The van der Waals surface area contributed by atoms with E-state index in [1.165, 1.54) is 21.9 Å². The zero-order valence-corrected chi connectivity index (χ0v) is 39.3. The summed E-state index contributed by atoms with van der Waals surface area (Å²) in [6.45, 7) is 16.1. The van der Waals surface area contributed by atoms with Crippen molar-refractivity contribution in [2.24, 2.45) is 15.0 Å². The van der Waals surface area contributed by atoms with Crippen LogP contribution < -0.4 is 21.9 Å². The van der Waals surface area contributed by atoms with Gasteiger partial charge in [-0.1, -0.05) is 121 Å². The number of nitrogens with zero attached hydrogens (tertiary/aromatic N) is 5. The van der Waals surface area contributed by atoms with E-state index < -0.39 is 11.2 Å². The molecule has 61 heavy (non-hydrogen) atoms. The van der Waals surface area contributed by atoms with Gasteiger partial charge in [0.25, 0.3) is 0 Å². The smallest absolute Gasteiger partial charge is 0.477 e. The monoisotopic (exact) mass is 957 g/mol. The van der Waals surface area contributed by atoms with Crippen LogP contribution in [-0.4, -0.2) is 101 Å². The molecule has 0 aromatic heterocycles. The molecular weight excluding hydrogens is 906 g/mol. The molecule has 17 heteroatoms. The largest absolute Gasteiger partial charge is 3.00 e. The van der Waals surface area contributed by atoms with Crippen molar-refractivity contribution in [2.75, 3.05) is 50.1 Å². The Balaban J connectivity index is 0.000000341. The van der Waals surface area contributed by atoms with E-state index in [1.54, 1.807) is 0 Å². The first-order valence-corrected chi connectivity index (χ1v) is 21.4. The summed E-state index contributed by atoms with van der Waals surface area (Å²) in [6, 6.07) is 43.5. The quantitative estimate of drug-likeness (QED) is 0.0693. The molecule has 7 rings (SSSR count). The number of hydrogen-bond acceptors (Lipinski definition) is 10. The van der Waals surface area contributed by atoms with Gasteiger partial charge in [-0.3, -0.25) is 4.90 Å². The fourth-order valence-electron chi connectivity index (χ4n) is 7.09. The fraction of sp³-hybridized carbons (Fsp3) is 0.386. The van der Waals surface area contributed by atoms with Gasteiger partial charge in [-0.25, -0.2) is 15.0 Å². The Morgan fingerprint density at radius 2 is 0.721 bits per heavy atom. The molecule has 0 amide bonds. The van der Waals surface area contributed by atoms with E-state index >= 15 is 0 Å². The van der Waals surface area contributed by atoms with Gasteiger partial charge in [0, 0.05) is 0 Å². The van der Waals surface area contributed by atoms with Gasteiger partial charge >= 0.3 is 16.5 Å². The molecule has 0 aliphatic carbocycles. The van der Waals surface area contributed by atoms with Crippen LogP contribution >= 0.6 is 46.4 Å². The first-order chi connectivity index (χ1) is 28.5. The van der Waals surface area contributed by atoms with E-state index in [0.717, 1.165) is 17.7 Å². The summed E-state index contributed by atoms with van der Waals surface area (Å²) < 4.78 is 17.3. The Morgan fingerprint density at radius 1 is 0.525 bits per heavy atom. The van der Waals surface area contributed by atoms with E-state index in [-0.39, 0.29) is 43.8 Å². The van der Waals surface area contributed by atoms with Crippen LogP contribution in [0, 0.1) is 15.3 Å². The Hall–Kier alpha value is -3.83. The van der Waals surface area contributed by atoms with Gasteiger partial charge in [-0.2, -0.15) is 21.9 Å². The second-order valence-electron chi connectivity index (χ2n) is 15.9. The maximum atomic E-state index is 8.25. The summed E-state index contributed by atoms with van der Waals surface area (Å²) >= 11 is 19.1. The third kappa shape index (κ3) is 17.5. The maximum Gasteiger partial charge on any atom is 3.00 e. The summed E-state index contributed by atoms with van der Waals surface area (Å²) in [4.78, 5) is 24.4. The molecule has 0 N–H and O–H groups in total. The normalized spacial score (nSPS) is 16.1. The van der Waals surface area contributed by atoms with Crippen LogP contribution in [0.5, 0.6) is 0 Å². The molecular formula is C44H54BCl4N5NiO6+. The van der Waals surface area contributed by atoms with E-state index in [2.05, 4.69) is 183 Å². The average Bonchev–Trinajstić information content (AvgIpc) is 3.86. The summed E-state index contributed by atoms with van der Waals surface area (Å²) in [5, 5.41) is 15.1. The second-order valence-corrected chi connectivity index (χ2v) is 17.5. The van der Waals surface area contributed by atoms with Crippen LogP contribution in [0.4, 0.5) is 0 Å². The van der Waals surface area contributed by atoms with Gasteiger partial charge < -0.3 is 29.5 Å². The van der Waals surface area contributed by atoms with Crippen molar-refractivity contribution in [1.82, 2.24) is 4.90 Å². The van der Waals surface area contributed by atoms with Crippen molar-refractivity contribution < 1.29 is 35.8 Å². The maximum absolute atomic E-state index is 8.25. The number of halogens is 4. The minimum Gasteiger partial charge on any atom is -0.477 e. The van der Waals surface area contributed by atoms with Crippen LogP contribution in [0.2, 0.25) is 0 Å². The Morgan fingerprint density at radius 3 is 0.885 bits per heavy atom. The van der Waals surface area contributed by atoms with Crippen molar-refractivity contribution in [3.63, 3.8) is 0 Å². The predicted molar refractivity (Wildman–Crippen MR) is 252 cm³/mol. The molecule has 3 heterocycles. The van der Waals surface area contributed by atoms with Crippen LogP contribution in [0.25, 0.3) is 0 Å². The minimum absolute atomic E-state index is 0. The van der Waals surface area contributed by atoms with Gasteiger partial charge in [0.15, 0.2) is 17.7 Å².